The van der Waals surface area contributed by atoms with Crippen molar-refractivity contribution in [1.29, 1.82) is 0 Å². The number of likely N-dealkylation sites (tertiary alicyclic amines) is 1. The van der Waals surface area contributed by atoms with E-state index in [2.05, 4.69) is 32.1 Å². The Kier molecular flexibility index (Phi) is 3.90. The zero-order chi connectivity index (χ0) is 15.8. The molecule has 1 saturated carbocycles. The molecule has 7 heteroatoms. The van der Waals surface area contributed by atoms with Gasteiger partial charge in [-0.05, 0) is 33.2 Å². The van der Waals surface area contributed by atoms with Crippen LogP contribution in [0.1, 0.15) is 48.3 Å². The minimum Gasteiger partial charge on any atom is -0.361 e. The predicted octanol–water partition coefficient (Wildman–Crippen LogP) is 1.95. The zero-order valence-corrected chi connectivity index (χ0v) is 13.7. The van der Waals surface area contributed by atoms with E-state index in [-0.39, 0.29) is 0 Å². The lowest BCUT2D eigenvalue weighted by Crippen LogP contribution is -2.34. The number of aromatic nitrogens is 3. The highest BCUT2D eigenvalue weighted by atomic mass is 16.5. The van der Waals surface area contributed by atoms with Gasteiger partial charge in [-0.1, -0.05) is 10.3 Å². The van der Waals surface area contributed by atoms with Gasteiger partial charge < -0.3 is 9.05 Å². The van der Waals surface area contributed by atoms with Gasteiger partial charge in [0, 0.05) is 37.7 Å². The number of aryl methyl sites for hydroxylation is 1. The van der Waals surface area contributed by atoms with Crippen LogP contribution < -0.4 is 0 Å². The summed E-state index contributed by atoms with van der Waals surface area (Å²) in [6.45, 7) is 5.65. The van der Waals surface area contributed by atoms with Crippen LogP contribution in [0.5, 0.6) is 0 Å². The first-order valence-electron chi connectivity index (χ1n) is 8.34. The van der Waals surface area contributed by atoms with Crippen molar-refractivity contribution in [3.05, 3.63) is 29.2 Å². The maximum absolute atomic E-state index is 5.34. The van der Waals surface area contributed by atoms with Crippen molar-refractivity contribution in [3.63, 3.8) is 0 Å². The van der Waals surface area contributed by atoms with E-state index < -0.39 is 0 Å². The largest absolute Gasteiger partial charge is 0.361 e. The third-order valence-corrected chi connectivity index (χ3v) is 4.73. The van der Waals surface area contributed by atoms with Gasteiger partial charge >= 0.3 is 0 Å². The number of rotatable bonds is 6. The molecule has 7 nitrogen and oxygen atoms in total. The van der Waals surface area contributed by atoms with Gasteiger partial charge in [-0.15, -0.1) is 0 Å². The van der Waals surface area contributed by atoms with Crippen LogP contribution in [-0.4, -0.2) is 51.3 Å². The van der Waals surface area contributed by atoms with E-state index in [0.717, 1.165) is 55.8 Å². The second kappa shape index (κ2) is 6.05. The fourth-order valence-corrected chi connectivity index (χ4v) is 3.22. The first-order valence-corrected chi connectivity index (χ1v) is 8.34. The fourth-order valence-electron chi connectivity index (χ4n) is 3.22. The van der Waals surface area contributed by atoms with Gasteiger partial charge in [0.25, 0.3) is 0 Å². The highest BCUT2D eigenvalue weighted by molar-refractivity contribution is 5.04. The molecule has 3 heterocycles. The zero-order valence-electron chi connectivity index (χ0n) is 13.7. The highest BCUT2D eigenvalue weighted by Gasteiger charge is 2.31. The second-order valence-corrected chi connectivity index (χ2v) is 6.84. The molecule has 0 aromatic carbocycles. The van der Waals surface area contributed by atoms with Crippen LogP contribution >= 0.6 is 0 Å². The van der Waals surface area contributed by atoms with E-state index in [9.17, 15) is 0 Å². The molecule has 1 aliphatic heterocycles. The molecule has 1 atom stereocenters. The van der Waals surface area contributed by atoms with Gasteiger partial charge in [0.15, 0.2) is 5.82 Å². The molecule has 0 N–H and O–H groups in total. The van der Waals surface area contributed by atoms with E-state index in [4.69, 9.17) is 9.05 Å². The van der Waals surface area contributed by atoms with Gasteiger partial charge in [-0.3, -0.25) is 9.80 Å². The van der Waals surface area contributed by atoms with E-state index >= 15 is 0 Å². The Morgan fingerprint density at radius 1 is 1.26 bits per heavy atom. The molecule has 0 spiro atoms. The maximum Gasteiger partial charge on any atom is 0.229 e. The van der Waals surface area contributed by atoms with Crippen molar-refractivity contribution in [3.8, 4) is 0 Å². The van der Waals surface area contributed by atoms with Crippen molar-refractivity contribution in [1.82, 2.24) is 25.1 Å². The summed E-state index contributed by atoms with van der Waals surface area (Å²) in [4.78, 5) is 9.27. The van der Waals surface area contributed by atoms with Gasteiger partial charge in [0.05, 0.1) is 12.2 Å². The lowest BCUT2D eigenvalue weighted by atomic mass is 10.2. The Hall–Kier alpha value is -1.73. The molecule has 2 aliphatic rings. The monoisotopic (exact) mass is 317 g/mol. The van der Waals surface area contributed by atoms with Crippen LogP contribution in [0.4, 0.5) is 0 Å². The van der Waals surface area contributed by atoms with E-state index in [1.807, 2.05) is 13.0 Å². The van der Waals surface area contributed by atoms with Crippen LogP contribution in [0.25, 0.3) is 0 Å². The third-order valence-electron chi connectivity index (χ3n) is 4.73. The SMILES string of the molecule is Cc1cc(CN2CCC(N(C)Cc3noc(C4CC4)n3)C2)no1. The summed E-state index contributed by atoms with van der Waals surface area (Å²) in [6.07, 6.45) is 3.54. The smallest absolute Gasteiger partial charge is 0.229 e. The highest BCUT2D eigenvalue weighted by Crippen LogP contribution is 2.38. The molecule has 4 rings (SSSR count). The molecule has 0 radical (unpaired) electrons. The summed E-state index contributed by atoms with van der Waals surface area (Å²) in [6, 6.07) is 2.53. The van der Waals surface area contributed by atoms with Crippen molar-refractivity contribution in [2.24, 2.45) is 0 Å². The average Bonchev–Trinajstić information content (AvgIpc) is 2.93. The summed E-state index contributed by atoms with van der Waals surface area (Å²) in [7, 11) is 2.14. The second-order valence-electron chi connectivity index (χ2n) is 6.84. The maximum atomic E-state index is 5.34. The standard InChI is InChI=1S/C16H23N5O2/c1-11-7-13(18-22-11)8-21-6-5-14(9-21)20(2)10-15-17-16(23-19-15)12-3-4-12/h7,12,14H,3-6,8-10H2,1-2H3. The average molecular weight is 317 g/mol. The number of likely N-dealkylation sites (N-methyl/N-ethyl adjacent to an activating group) is 1. The van der Waals surface area contributed by atoms with Crippen LogP contribution in [-0.2, 0) is 13.1 Å². The summed E-state index contributed by atoms with van der Waals surface area (Å²) in [5.41, 5.74) is 1.01. The summed E-state index contributed by atoms with van der Waals surface area (Å²) in [5.74, 6) is 3.02. The molecule has 2 aromatic rings. The molecule has 1 saturated heterocycles. The number of hydrogen-bond acceptors (Lipinski definition) is 7. The number of hydrogen-bond donors (Lipinski definition) is 0. The predicted molar refractivity (Wildman–Crippen MR) is 82.7 cm³/mol. The molecule has 0 amide bonds. The van der Waals surface area contributed by atoms with Crippen molar-refractivity contribution in [2.75, 3.05) is 20.1 Å². The topological polar surface area (TPSA) is 71.4 Å². The van der Waals surface area contributed by atoms with Crippen molar-refractivity contribution in [2.45, 2.75) is 51.2 Å². The minimum atomic E-state index is 0.519. The van der Waals surface area contributed by atoms with Crippen molar-refractivity contribution >= 4 is 0 Å². The summed E-state index contributed by atoms with van der Waals surface area (Å²) >= 11 is 0. The molecule has 2 aromatic heterocycles. The quantitative estimate of drug-likeness (QED) is 0.806. The fraction of sp³-hybridized carbons (Fsp3) is 0.688. The van der Waals surface area contributed by atoms with E-state index in [0.29, 0.717) is 12.0 Å². The lowest BCUT2D eigenvalue weighted by Gasteiger charge is -2.23. The van der Waals surface area contributed by atoms with E-state index in [1.165, 1.54) is 12.8 Å². The Morgan fingerprint density at radius 2 is 2.13 bits per heavy atom. The van der Waals surface area contributed by atoms with Crippen LogP contribution in [0, 0.1) is 6.92 Å². The van der Waals surface area contributed by atoms with Gasteiger partial charge in [0.1, 0.15) is 5.76 Å². The van der Waals surface area contributed by atoms with Crippen LogP contribution in [0.2, 0.25) is 0 Å². The third kappa shape index (κ3) is 3.45. The molecule has 1 aliphatic carbocycles. The number of nitrogens with zero attached hydrogens (tertiary/aromatic N) is 5. The summed E-state index contributed by atoms with van der Waals surface area (Å²) in [5, 5.41) is 8.19. The Bertz CT molecular complexity index is 663. The molecule has 1 unspecified atom stereocenters. The molecule has 124 valence electrons. The molecule has 23 heavy (non-hydrogen) atoms. The molecular formula is C16H23N5O2. The van der Waals surface area contributed by atoms with Gasteiger partial charge in [0.2, 0.25) is 5.89 Å². The molecule has 2 fully saturated rings. The normalized spacial score (nSPS) is 22.3. The first-order chi connectivity index (χ1) is 11.2. The van der Waals surface area contributed by atoms with Crippen LogP contribution in [0.15, 0.2) is 15.1 Å². The minimum absolute atomic E-state index is 0.519. The molecule has 0 bridgehead atoms. The van der Waals surface area contributed by atoms with Gasteiger partial charge in [-0.2, -0.15) is 4.98 Å². The van der Waals surface area contributed by atoms with Gasteiger partial charge in [-0.25, -0.2) is 0 Å². The molecular weight excluding hydrogens is 294 g/mol. The first kappa shape index (κ1) is 14.8. The summed E-state index contributed by atoms with van der Waals surface area (Å²) < 4.78 is 10.5. The Balaban J connectivity index is 1.29. The Morgan fingerprint density at radius 3 is 2.87 bits per heavy atom. The Labute approximate surface area is 135 Å². The lowest BCUT2D eigenvalue weighted by molar-refractivity contribution is 0.214. The van der Waals surface area contributed by atoms with Crippen LogP contribution in [0.3, 0.4) is 0 Å². The van der Waals surface area contributed by atoms with E-state index in [1.54, 1.807) is 0 Å². The van der Waals surface area contributed by atoms with Crippen molar-refractivity contribution < 1.29 is 9.05 Å².